The molecule has 1 spiro atoms. The van der Waals surface area contributed by atoms with E-state index in [1.165, 1.54) is 0 Å². The predicted octanol–water partition coefficient (Wildman–Crippen LogP) is 3.59. The van der Waals surface area contributed by atoms with Gasteiger partial charge in [-0.05, 0) is 26.7 Å². The van der Waals surface area contributed by atoms with Crippen molar-refractivity contribution in [1.29, 1.82) is 0 Å². The molecule has 0 bridgehead atoms. The molecular formula is C17H31NO2. The van der Waals surface area contributed by atoms with Gasteiger partial charge in [-0.2, -0.15) is 0 Å². The maximum atomic E-state index is 6.14. The molecule has 2 heterocycles. The van der Waals surface area contributed by atoms with E-state index in [9.17, 15) is 0 Å². The lowest BCUT2D eigenvalue weighted by Gasteiger charge is -2.63. The Bertz CT molecular complexity index is 364. The molecule has 116 valence electrons. The Labute approximate surface area is 124 Å². The van der Waals surface area contributed by atoms with Gasteiger partial charge in [0.05, 0.1) is 13.2 Å². The van der Waals surface area contributed by atoms with Gasteiger partial charge in [-0.1, -0.05) is 26.8 Å². The van der Waals surface area contributed by atoms with E-state index in [0.29, 0.717) is 5.92 Å². The topological polar surface area (TPSA) is 21.7 Å². The molecular weight excluding hydrogens is 250 g/mol. The van der Waals surface area contributed by atoms with E-state index in [4.69, 9.17) is 9.47 Å². The summed E-state index contributed by atoms with van der Waals surface area (Å²) in [6.07, 6.45) is 5.16. The van der Waals surface area contributed by atoms with Gasteiger partial charge in [0.25, 0.3) is 0 Å². The lowest BCUT2D eigenvalue weighted by Crippen LogP contribution is -2.71. The van der Waals surface area contributed by atoms with E-state index < -0.39 is 5.79 Å². The molecule has 3 atom stereocenters. The van der Waals surface area contributed by atoms with Crippen molar-refractivity contribution in [3.05, 3.63) is 12.7 Å². The lowest BCUT2D eigenvalue weighted by molar-refractivity contribution is -0.278. The summed E-state index contributed by atoms with van der Waals surface area (Å²) in [5.74, 6) is -0.0465. The minimum Gasteiger partial charge on any atom is -0.347 e. The Morgan fingerprint density at radius 2 is 1.80 bits per heavy atom. The SMILES string of the molecule is C=CCN1C(C)(CC)CC2(OCCO2)C(C)C1(C)CC. The van der Waals surface area contributed by atoms with E-state index in [1.807, 2.05) is 6.08 Å². The highest BCUT2D eigenvalue weighted by Crippen LogP contribution is 2.53. The van der Waals surface area contributed by atoms with Crippen molar-refractivity contribution < 1.29 is 9.47 Å². The number of rotatable bonds is 4. The van der Waals surface area contributed by atoms with Crippen molar-refractivity contribution >= 4 is 0 Å². The maximum Gasteiger partial charge on any atom is 0.174 e. The van der Waals surface area contributed by atoms with E-state index in [0.717, 1.165) is 39.0 Å². The molecule has 0 aromatic heterocycles. The van der Waals surface area contributed by atoms with Gasteiger partial charge in [0.2, 0.25) is 0 Å². The summed E-state index contributed by atoms with van der Waals surface area (Å²) in [7, 11) is 0. The van der Waals surface area contributed by atoms with Gasteiger partial charge in [0, 0.05) is 30.0 Å². The second-order valence-electron chi connectivity index (χ2n) is 6.87. The van der Waals surface area contributed by atoms with E-state index in [1.54, 1.807) is 0 Å². The molecule has 2 fully saturated rings. The van der Waals surface area contributed by atoms with Crippen LogP contribution in [0, 0.1) is 5.92 Å². The van der Waals surface area contributed by atoms with Crippen LogP contribution in [-0.2, 0) is 9.47 Å². The molecule has 2 aliphatic heterocycles. The van der Waals surface area contributed by atoms with Crippen molar-refractivity contribution in [3.8, 4) is 0 Å². The van der Waals surface area contributed by atoms with Crippen LogP contribution in [0.25, 0.3) is 0 Å². The van der Waals surface area contributed by atoms with Crippen LogP contribution in [0.15, 0.2) is 12.7 Å². The maximum absolute atomic E-state index is 6.14. The van der Waals surface area contributed by atoms with Gasteiger partial charge in [0.15, 0.2) is 5.79 Å². The summed E-state index contributed by atoms with van der Waals surface area (Å²) in [5.41, 5.74) is 0.164. The van der Waals surface area contributed by atoms with Crippen LogP contribution in [0.1, 0.15) is 53.9 Å². The summed E-state index contributed by atoms with van der Waals surface area (Å²) < 4.78 is 12.3. The fraction of sp³-hybridized carbons (Fsp3) is 0.882. The number of likely N-dealkylation sites (tertiary alicyclic amines) is 1. The fourth-order valence-corrected chi connectivity index (χ4v) is 4.30. The minimum absolute atomic E-state index is 0.0710. The fourth-order valence-electron chi connectivity index (χ4n) is 4.30. The zero-order valence-corrected chi connectivity index (χ0v) is 13.9. The molecule has 0 aromatic carbocycles. The summed E-state index contributed by atoms with van der Waals surface area (Å²) in [4.78, 5) is 2.63. The standard InChI is InChI=1S/C17H31NO2/c1-7-10-18-15(5,8-2)13-17(19-11-12-20-17)14(4)16(18,6)9-3/h7,14H,1,8-13H2,2-6H3. The van der Waals surface area contributed by atoms with E-state index in [2.05, 4.69) is 46.1 Å². The largest absolute Gasteiger partial charge is 0.347 e. The molecule has 2 saturated heterocycles. The van der Waals surface area contributed by atoms with Crippen LogP contribution in [0.4, 0.5) is 0 Å². The highest BCUT2D eigenvalue weighted by molar-refractivity contribution is 5.11. The van der Waals surface area contributed by atoms with Gasteiger partial charge in [-0.3, -0.25) is 4.90 Å². The molecule has 20 heavy (non-hydrogen) atoms. The van der Waals surface area contributed by atoms with Crippen LogP contribution in [0.2, 0.25) is 0 Å². The molecule has 3 heteroatoms. The smallest absolute Gasteiger partial charge is 0.174 e. The number of ether oxygens (including phenoxy) is 2. The summed E-state index contributed by atoms with van der Waals surface area (Å²) >= 11 is 0. The minimum atomic E-state index is -0.396. The highest BCUT2D eigenvalue weighted by atomic mass is 16.7. The molecule has 0 N–H and O–H groups in total. The highest BCUT2D eigenvalue weighted by Gasteiger charge is 2.61. The van der Waals surface area contributed by atoms with Crippen LogP contribution in [-0.4, -0.2) is 41.5 Å². The lowest BCUT2D eigenvalue weighted by atomic mass is 9.66. The molecule has 0 saturated carbocycles. The predicted molar refractivity (Wildman–Crippen MR) is 82.7 cm³/mol. The van der Waals surface area contributed by atoms with E-state index >= 15 is 0 Å². The van der Waals surface area contributed by atoms with Crippen molar-refractivity contribution in [3.63, 3.8) is 0 Å². The zero-order valence-electron chi connectivity index (χ0n) is 13.9. The van der Waals surface area contributed by atoms with Crippen molar-refractivity contribution in [2.24, 2.45) is 5.92 Å². The Kier molecular flexibility index (Phi) is 4.35. The third kappa shape index (κ3) is 2.15. The third-order valence-corrected chi connectivity index (χ3v) is 6.05. The average molecular weight is 281 g/mol. The molecule has 3 nitrogen and oxygen atoms in total. The Hall–Kier alpha value is -0.380. The van der Waals surface area contributed by atoms with E-state index in [-0.39, 0.29) is 11.1 Å². The first-order valence-electron chi connectivity index (χ1n) is 8.05. The first-order valence-corrected chi connectivity index (χ1v) is 8.05. The summed E-state index contributed by atoms with van der Waals surface area (Å²) in [5, 5.41) is 0. The van der Waals surface area contributed by atoms with Crippen molar-refractivity contribution in [1.82, 2.24) is 4.90 Å². The van der Waals surface area contributed by atoms with Crippen LogP contribution in [0.5, 0.6) is 0 Å². The summed E-state index contributed by atoms with van der Waals surface area (Å²) in [6, 6.07) is 0. The van der Waals surface area contributed by atoms with Gasteiger partial charge in [0.1, 0.15) is 0 Å². The number of hydrogen-bond acceptors (Lipinski definition) is 3. The Morgan fingerprint density at radius 1 is 1.20 bits per heavy atom. The molecule has 3 unspecified atom stereocenters. The normalized spacial score (nSPS) is 41.1. The van der Waals surface area contributed by atoms with Crippen molar-refractivity contribution in [2.75, 3.05) is 19.8 Å². The average Bonchev–Trinajstić information content (AvgIpc) is 2.91. The molecule has 2 aliphatic rings. The first kappa shape index (κ1) is 16.0. The van der Waals surface area contributed by atoms with Crippen LogP contribution >= 0.6 is 0 Å². The monoisotopic (exact) mass is 281 g/mol. The Balaban J connectivity index is 2.46. The molecule has 2 rings (SSSR count). The number of hydrogen-bond donors (Lipinski definition) is 0. The molecule has 0 aliphatic carbocycles. The third-order valence-electron chi connectivity index (χ3n) is 6.05. The van der Waals surface area contributed by atoms with Crippen molar-refractivity contribution in [2.45, 2.75) is 70.7 Å². The van der Waals surface area contributed by atoms with Gasteiger partial charge in [-0.25, -0.2) is 0 Å². The molecule has 0 aromatic rings. The van der Waals surface area contributed by atoms with Crippen LogP contribution in [0.3, 0.4) is 0 Å². The molecule has 0 amide bonds. The zero-order chi connectivity index (χ0) is 15.0. The second kappa shape index (κ2) is 5.43. The quantitative estimate of drug-likeness (QED) is 0.735. The Morgan fingerprint density at radius 3 is 2.25 bits per heavy atom. The number of piperidine rings is 1. The summed E-state index contributed by atoms with van der Waals surface area (Å²) in [6.45, 7) is 17.9. The molecule has 0 radical (unpaired) electrons. The van der Waals surface area contributed by atoms with Crippen LogP contribution < -0.4 is 0 Å². The first-order chi connectivity index (χ1) is 9.38. The number of nitrogens with zero attached hydrogens (tertiary/aromatic N) is 1. The van der Waals surface area contributed by atoms with Gasteiger partial charge < -0.3 is 9.47 Å². The van der Waals surface area contributed by atoms with Gasteiger partial charge in [-0.15, -0.1) is 6.58 Å². The second-order valence-corrected chi connectivity index (χ2v) is 6.87. The van der Waals surface area contributed by atoms with Gasteiger partial charge >= 0.3 is 0 Å².